The van der Waals surface area contributed by atoms with E-state index in [2.05, 4.69) is 37.5 Å². The third-order valence-corrected chi connectivity index (χ3v) is 2.12. The molecule has 1 rings (SSSR count). The Balaban J connectivity index is 0.000000487. The predicted molar refractivity (Wildman–Crippen MR) is 61.8 cm³/mol. The standard InChI is InChI=1S/C10H16N2.HNO3/c1-3-8-5-6-9(4-2)10(7-8)12-11;2-1(3)4/h5-7,12H,3-4,11H2,1-2H3;(H,2,3,4). The number of hydrazine groups is 1. The molecule has 0 heterocycles. The molecule has 16 heavy (non-hydrogen) atoms. The first-order chi connectivity index (χ1) is 7.54. The van der Waals surface area contributed by atoms with E-state index in [0.717, 1.165) is 18.5 Å². The average Bonchev–Trinajstić information content (AvgIpc) is 2.27. The number of benzene rings is 1. The molecule has 0 spiro atoms. The second-order valence-corrected chi connectivity index (χ2v) is 3.08. The minimum absolute atomic E-state index is 1.02. The van der Waals surface area contributed by atoms with Crippen LogP contribution in [0.4, 0.5) is 5.69 Å². The van der Waals surface area contributed by atoms with Crippen molar-refractivity contribution in [1.82, 2.24) is 0 Å². The lowest BCUT2D eigenvalue weighted by Crippen LogP contribution is -2.09. The van der Waals surface area contributed by atoms with Crippen LogP contribution in [0.25, 0.3) is 0 Å². The van der Waals surface area contributed by atoms with Gasteiger partial charge in [0.25, 0.3) is 5.09 Å². The van der Waals surface area contributed by atoms with Gasteiger partial charge in [-0.15, -0.1) is 10.1 Å². The molecular formula is C10H17N3O3. The minimum atomic E-state index is -1.50. The summed E-state index contributed by atoms with van der Waals surface area (Å²) in [6.45, 7) is 4.27. The molecule has 6 nitrogen and oxygen atoms in total. The summed E-state index contributed by atoms with van der Waals surface area (Å²) in [5.41, 5.74) is 6.37. The van der Waals surface area contributed by atoms with E-state index in [1.54, 1.807) is 0 Å². The quantitative estimate of drug-likeness (QED) is 0.415. The van der Waals surface area contributed by atoms with Gasteiger partial charge in [-0.2, -0.15) is 0 Å². The number of hydrogen-bond acceptors (Lipinski definition) is 4. The molecule has 6 heteroatoms. The van der Waals surface area contributed by atoms with Crippen LogP contribution in [0.3, 0.4) is 0 Å². The molecule has 1 aromatic carbocycles. The highest BCUT2D eigenvalue weighted by Gasteiger charge is 1.98. The van der Waals surface area contributed by atoms with E-state index < -0.39 is 5.09 Å². The van der Waals surface area contributed by atoms with Crippen molar-refractivity contribution in [2.45, 2.75) is 26.7 Å². The highest BCUT2D eigenvalue weighted by Crippen LogP contribution is 2.17. The number of nitrogens with two attached hydrogens (primary N) is 1. The maximum Gasteiger partial charge on any atom is 0.291 e. The normalized spacial score (nSPS) is 8.94. The highest BCUT2D eigenvalue weighted by molar-refractivity contribution is 5.52. The molecule has 1 aromatic rings. The molecule has 0 aliphatic carbocycles. The number of nitrogen functional groups attached to an aromatic ring is 1. The summed E-state index contributed by atoms with van der Waals surface area (Å²) < 4.78 is 0. The number of aryl methyl sites for hydroxylation is 2. The van der Waals surface area contributed by atoms with Crippen LogP contribution in [-0.4, -0.2) is 10.3 Å². The fourth-order valence-electron chi connectivity index (χ4n) is 1.29. The molecule has 0 aliphatic rings. The Hall–Kier alpha value is -1.82. The number of nitrogens with zero attached hydrogens (tertiary/aromatic N) is 1. The minimum Gasteiger partial charge on any atom is -0.328 e. The molecule has 0 unspecified atom stereocenters. The summed E-state index contributed by atoms with van der Waals surface area (Å²) in [7, 11) is 0. The van der Waals surface area contributed by atoms with Crippen molar-refractivity contribution in [2.24, 2.45) is 5.84 Å². The van der Waals surface area contributed by atoms with E-state index in [1.165, 1.54) is 11.1 Å². The molecular weight excluding hydrogens is 210 g/mol. The van der Waals surface area contributed by atoms with Crippen LogP contribution in [0.1, 0.15) is 25.0 Å². The molecule has 0 aliphatic heterocycles. The zero-order valence-electron chi connectivity index (χ0n) is 9.43. The smallest absolute Gasteiger partial charge is 0.291 e. The van der Waals surface area contributed by atoms with Crippen LogP contribution in [0.15, 0.2) is 18.2 Å². The molecule has 90 valence electrons. The van der Waals surface area contributed by atoms with E-state index in [0.29, 0.717) is 0 Å². The number of nitrogens with one attached hydrogen (secondary N) is 1. The van der Waals surface area contributed by atoms with Crippen LogP contribution in [-0.2, 0) is 12.8 Å². The Morgan fingerprint density at radius 1 is 1.44 bits per heavy atom. The van der Waals surface area contributed by atoms with E-state index in [-0.39, 0.29) is 0 Å². The summed E-state index contributed by atoms with van der Waals surface area (Å²) in [6.07, 6.45) is 2.07. The molecule has 0 aromatic heterocycles. The highest BCUT2D eigenvalue weighted by atomic mass is 16.9. The summed E-state index contributed by atoms with van der Waals surface area (Å²) in [5, 5.41) is 13.6. The Labute approximate surface area is 94.2 Å². The average molecular weight is 227 g/mol. The van der Waals surface area contributed by atoms with Crippen molar-refractivity contribution >= 4 is 5.69 Å². The Morgan fingerprint density at radius 2 is 2.00 bits per heavy atom. The SMILES string of the molecule is CCc1ccc(CC)c(NN)c1.O=[N+]([O-])O. The van der Waals surface area contributed by atoms with Gasteiger partial charge in [0.05, 0.1) is 5.69 Å². The fraction of sp³-hybridized carbons (Fsp3) is 0.400. The summed E-state index contributed by atoms with van der Waals surface area (Å²) >= 11 is 0. The summed E-state index contributed by atoms with van der Waals surface area (Å²) in [5.74, 6) is 5.40. The Kier molecular flexibility index (Phi) is 6.62. The lowest BCUT2D eigenvalue weighted by Gasteiger charge is -2.08. The van der Waals surface area contributed by atoms with Crippen LogP contribution in [0, 0.1) is 10.1 Å². The first kappa shape index (κ1) is 14.2. The summed E-state index contributed by atoms with van der Waals surface area (Å²) in [6, 6.07) is 6.40. The van der Waals surface area contributed by atoms with Gasteiger partial charge in [0.15, 0.2) is 0 Å². The van der Waals surface area contributed by atoms with Gasteiger partial charge in [0, 0.05) is 0 Å². The third-order valence-electron chi connectivity index (χ3n) is 2.12. The zero-order valence-corrected chi connectivity index (χ0v) is 9.43. The van der Waals surface area contributed by atoms with Crippen molar-refractivity contribution in [1.29, 1.82) is 0 Å². The number of rotatable bonds is 3. The monoisotopic (exact) mass is 227 g/mol. The Morgan fingerprint density at radius 3 is 2.38 bits per heavy atom. The number of anilines is 1. The van der Waals surface area contributed by atoms with Crippen molar-refractivity contribution in [3.05, 3.63) is 39.4 Å². The second-order valence-electron chi connectivity index (χ2n) is 3.08. The lowest BCUT2D eigenvalue weighted by molar-refractivity contribution is -0.742. The van der Waals surface area contributed by atoms with Crippen LogP contribution < -0.4 is 11.3 Å². The van der Waals surface area contributed by atoms with Gasteiger partial charge in [-0.25, -0.2) is 0 Å². The molecule has 0 bridgehead atoms. The first-order valence-corrected chi connectivity index (χ1v) is 4.96. The molecule has 0 saturated carbocycles. The van der Waals surface area contributed by atoms with Gasteiger partial charge < -0.3 is 10.6 Å². The van der Waals surface area contributed by atoms with Crippen molar-refractivity contribution in [3.8, 4) is 0 Å². The Bertz CT molecular complexity index is 338. The lowest BCUT2D eigenvalue weighted by atomic mass is 10.1. The molecule has 0 saturated heterocycles. The topological polar surface area (TPSA) is 101 Å². The maximum atomic E-state index is 8.36. The van der Waals surface area contributed by atoms with Gasteiger partial charge in [0.1, 0.15) is 0 Å². The van der Waals surface area contributed by atoms with Crippen LogP contribution >= 0.6 is 0 Å². The van der Waals surface area contributed by atoms with Gasteiger partial charge in [-0.05, 0) is 30.0 Å². The fourth-order valence-corrected chi connectivity index (χ4v) is 1.29. The van der Waals surface area contributed by atoms with E-state index in [9.17, 15) is 0 Å². The first-order valence-electron chi connectivity index (χ1n) is 4.96. The zero-order chi connectivity index (χ0) is 12.6. The van der Waals surface area contributed by atoms with Crippen LogP contribution in [0.5, 0.6) is 0 Å². The third kappa shape index (κ3) is 5.16. The molecule has 0 radical (unpaired) electrons. The molecule has 0 amide bonds. The van der Waals surface area contributed by atoms with Gasteiger partial charge >= 0.3 is 0 Å². The maximum absolute atomic E-state index is 8.36. The summed E-state index contributed by atoms with van der Waals surface area (Å²) in [4.78, 5) is 8.36. The number of hydrogen-bond donors (Lipinski definition) is 3. The van der Waals surface area contributed by atoms with Crippen LogP contribution in [0.2, 0.25) is 0 Å². The largest absolute Gasteiger partial charge is 0.328 e. The van der Waals surface area contributed by atoms with Crippen molar-refractivity contribution < 1.29 is 10.3 Å². The molecule has 0 atom stereocenters. The van der Waals surface area contributed by atoms with E-state index in [4.69, 9.17) is 21.2 Å². The van der Waals surface area contributed by atoms with Crippen molar-refractivity contribution in [2.75, 3.05) is 5.43 Å². The van der Waals surface area contributed by atoms with Gasteiger partial charge in [-0.1, -0.05) is 26.0 Å². The van der Waals surface area contributed by atoms with E-state index >= 15 is 0 Å². The molecule has 4 N–H and O–H groups in total. The van der Waals surface area contributed by atoms with E-state index in [1.807, 2.05) is 0 Å². The van der Waals surface area contributed by atoms with Gasteiger partial charge in [0.2, 0.25) is 0 Å². The predicted octanol–water partition coefficient (Wildman–Crippen LogP) is 1.75. The van der Waals surface area contributed by atoms with Crippen molar-refractivity contribution in [3.63, 3.8) is 0 Å². The molecule has 0 fully saturated rings. The van der Waals surface area contributed by atoms with Gasteiger partial charge in [-0.3, -0.25) is 5.84 Å². The second kappa shape index (κ2) is 7.47.